The number of nitrogens with zero attached hydrogens (tertiary/aromatic N) is 1. The summed E-state index contributed by atoms with van der Waals surface area (Å²) in [6, 6.07) is 13.4. The molecule has 0 radical (unpaired) electrons. The van der Waals surface area contributed by atoms with Crippen molar-refractivity contribution in [1.82, 2.24) is 4.90 Å². The molecule has 1 fully saturated rings. The summed E-state index contributed by atoms with van der Waals surface area (Å²) in [5, 5.41) is 9.88. The zero-order chi connectivity index (χ0) is 19.2. The molecule has 2 aromatic carbocycles. The van der Waals surface area contributed by atoms with Crippen molar-refractivity contribution >= 4 is 17.5 Å². The van der Waals surface area contributed by atoms with Crippen LogP contribution in [0.2, 0.25) is 0 Å². The van der Waals surface area contributed by atoms with Gasteiger partial charge < -0.3 is 9.84 Å². The number of carbonyl (C=O) groups excluding carboxylic acids is 1. The second-order valence-corrected chi connectivity index (χ2v) is 7.72. The zero-order valence-electron chi connectivity index (χ0n) is 16.0. The molecule has 0 amide bonds. The van der Waals surface area contributed by atoms with E-state index in [0.29, 0.717) is 12.4 Å². The number of likely N-dealkylation sites (tertiary alicyclic amines) is 1. The number of benzene rings is 2. The Bertz CT molecular complexity index is 793. The quantitative estimate of drug-likeness (QED) is 0.557. The molecular formula is C22H27NO3S. The minimum atomic E-state index is 0.0375. The van der Waals surface area contributed by atoms with E-state index in [1.54, 1.807) is 17.8 Å². The predicted molar refractivity (Wildman–Crippen MR) is 110 cm³/mol. The number of carbonyl (C=O) groups is 1. The topological polar surface area (TPSA) is 49.8 Å². The largest absolute Gasteiger partial charge is 0.504 e. The summed E-state index contributed by atoms with van der Waals surface area (Å²) < 4.78 is 5.48. The van der Waals surface area contributed by atoms with E-state index in [1.165, 1.54) is 0 Å². The lowest BCUT2D eigenvalue weighted by atomic mass is 9.89. The van der Waals surface area contributed by atoms with Gasteiger partial charge in [-0.2, -0.15) is 0 Å². The van der Waals surface area contributed by atoms with Gasteiger partial charge in [-0.1, -0.05) is 24.3 Å². The number of piperidine rings is 1. The van der Waals surface area contributed by atoms with E-state index in [2.05, 4.69) is 4.90 Å². The van der Waals surface area contributed by atoms with Crippen LogP contribution < -0.4 is 4.74 Å². The molecule has 1 heterocycles. The van der Waals surface area contributed by atoms with Crippen molar-refractivity contribution in [3.63, 3.8) is 0 Å². The molecule has 3 rings (SSSR count). The predicted octanol–water partition coefficient (Wildman–Crippen LogP) is 4.61. The minimum absolute atomic E-state index is 0.0375. The Balaban J connectivity index is 1.69. The number of phenolic OH excluding ortho intramolecular Hbond substituents is 1. The Kier molecular flexibility index (Phi) is 6.80. The third kappa shape index (κ3) is 4.85. The van der Waals surface area contributed by atoms with Gasteiger partial charge >= 0.3 is 0 Å². The molecule has 27 heavy (non-hydrogen) atoms. The highest BCUT2D eigenvalue weighted by Crippen LogP contribution is 2.30. The molecule has 1 aliphatic heterocycles. The van der Waals surface area contributed by atoms with E-state index < -0.39 is 0 Å². The Labute approximate surface area is 165 Å². The molecule has 0 aliphatic carbocycles. The number of rotatable bonds is 7. The normalized spacial score (nSPS) is 17.6. The highest BCUT2D eigenvalue weighted by atomic mass is 32.2. The maximum atomic E-state index is 13.1. The summed E-state index contributed by atoms with van der Waals surface area (Å²) >= 11 is 1.63. The third-order valence-corrected chi connectivity index (χ3v) is 5.77. The van der Waals surface area contributed by atoms with Crippen LogP contribution in [0.5, 0.6) is 11.5 Å². The van der Waals surface area contributed by atoms with E-state index >= 15 is 0 Å². The molecule has 1 saturated heterocycles. The zero-order valence-corrected chi connectivity index (χ0v) is 16.8. The molecule has 1 N–H and O–H groups in total. The molecule has 1 aliphatic rings. The van der Waals surface area contributed by atoms with Gasteiger partial charge in [-0.15, -0.1) is 11.8 Å². The van der Waals surface area contributed by atoms with Gasteiger partial charge in [0.15, 0.2) is 17.3 Å². The van der Waals surface area contributed by atoms with Gasteiger partial charge in [0.25, 0.3) is 0 Å². The number of hydrogen-bond donors (Lipinski definition) is 1. The SMILES string of the molecule is CCOc1cc(CN2CCC[C@@H](C(=O)c3ccccc3SC)C2)ccc1O. The van der Waals surface area contributed by atoms with Crippen LogP contribution in [0, 0.1) is 5.92 Å². The fraction of sp³-hybridized carbons (Fsp3) is 0.409. The van der Waals surface area contributed by atoms with Crippen molar-refractivity contribution in [3.05, 3.63) is 53.6 Å². The molecule has 0 bridgehead atoms. The monoisotopic (exact) mass is 385 g/mol. The average molecular weight is 386 g/mol. The van der Waals surface area contributed by atoms with Gasteiger partial charge in [0.1, 0.15) is 0 Å². The lowest BCUT2D eigenvalue weighted by Gasteiger charge is -2.32. The van der Waals surface area contributed by atoms with Crippen LogP contribution in [0.3, 0.4) is 0 Å². The molecule has 0 spiro atoms. The first kappa shape index (κ1) is 19.8. The molecule has 0 saturated carbocycles. The van der Waals surface area contributed by atoms with Crippen LogP contribution in [0.25, 0.3) is 0 Å². The third-order valence-electron chi connectivity index (χ3n) is 4.98. The average Bonchev–Trinajstić information content (AvgIpc) is 2.70. The first-order valence-electron chi connectivity index (χ1n) is 9.46. The van der Waals surface area contributed by atoms with E-state index in [-0.39, 0.29) is 17.5 Å². The highest BCUT2D eigenvalue weighted by Gasteiger charge is 2.27. The molecular weight excluding hydrogens is 358 g/mol. The highest BCUT2D eigenvalue weighted by molar-refractivity contribution is 7.98. The summed E-state index contributed by atoms with van der Waals surface area (Å²) in [6.45, 7) is 4.94. The van der Waals surface area contributed by atoms with Gasteiger partial charge in [0.2, 0.25) is 0 Å². The van der Waals surface area contributed by atoms with Crippen LogP contribution >= 0.6 is 11.8 Å². The van der Waals surface area contributed by atoms with Crippen LogP contribution in [0.15, 0.2) is 47.4 Å². The lowest BCUT2D eigenvalue weighted by Crippen LogP contribution is -2.38. The van der Waals surface area contributed by atoms with Crippen LogP contribution in [0.4, 0.5) is 0 Å². The van der Waals surface area contributed by atoms with Gasteiger partial charge in [0, 0.05) is 29.5 Å². The fourth-order valence-corrected chi connectivity index (χ4v) is 4.27. The number of aromatic hydroxyl groups is 1. The maximum absolute atomic E-state index is 13.1. The Hall–Kier alpha value is -1.98. The number of thioether (sulfide) groups is 1. The molecule has 0 aromatic heterocycles. The smallest absolute Gasteiger partial charge is 0.168 e. The van der Waals surface area contributed by atoms with Crippen molar-refractivity contribution in [2.75, 3.05) is 26.0 Å². The van der Waals surface area contributed by atoms with Crippen LogP contribution in [0.1, 0.15) is 35.7 Å². The van der Waals surface area contributed by atoms with Crippen molar-refractivity contribution in [2.45, 2.75) is 31.2 Å². The number of ketones is 1. The molecule has 0 unspecified atom stereocenters. The Morgan fingerprint density at radius 1 is 1.30 bits per heavy atom. The fourth-order valence-electron chi connectivity index (χ4n) is 3.67. The van der Waals surface area contributed by atoms with Gasteiger partial charge in [-0.05, 0) is 56.3 Å². The van der Waals surface area contributed by atoms with E-state index in [4.69, 9.17) is 4.74 Å². The Morgan fingerprint density at radius 2 is 2.11 bits per heavy atom. The second-order valence-electron chi connectivity index (χ2n) is 6.87. The van der Waals surface area contributed by atoms with E-state index in [9.17, 15) is 9.90 Å². The Morgan fingerprint density at radius 3 is 2.89 bits per heavy atom. The van der Waals surface area contributed by atoms with Gasteiger partial charge in [-0.3, -0.25) is 9.69 Å². The molecule has 2 aromatic rings. The van der Waals surface area contributed by atoms with E-state index in [0.717, 1.165) is 48.5 Å². The number of phenols is 1. The van der Waals surface area contributed by atoms with E-state index in [1.807, 2.05) is 49.6 Å². The van der Waals surface area contributed by atoms with Gasteiger partial charge in [0.05, 0.1) is 6.61 Å². The summed E-state index contributed by atoms with van der Waals surface area (Å²) in [4.78, 5) is 16.5. The van der Waals surface area contributed by atoms with Crippen molar-refractivity contribution in [3.8, 4) is 11.5 Å². The standard InChI is InChI=1S/C22H27NO3S/c1-3-26-20-13-16(10-11-19(20)24)14-23-12-6-7-17(15-23)22(25)18-8-4-5-9-21(18)27-2/h4-5,8-11,13,17,24H,3,6-7,12,14-15H2,1-2H3/t17-/m1/s1. The van der Waals surface area contributed by atoms with Crippen molar-refractivity contribution < 1.29 is 14.6 Å². The summed E-state index contributed by atoms with van der Waals surface area (Å²) in [6.07, 6.45) is 3.98. The number of hydrogen-bond acceptors (Lipinski definition) is 5. The summed E-state index contributed by atoms with van der Waals surface area (Å²) in [7, 11) is 0. The molecule has 1 atom stereocenters. The molecule has 144 valence electrons. The van der Waals surface area contributed by atoms with Gasteiger partial charge in [-0.25, -0.2) is 0 Å². The molecule has 4 nitrogen and oxygen atoms in total. The summed E-state index contributed by atoms with van der Waals surface area (Å²) in [5.41, 5.74) is 1.94. The first-order chi connectivity index (χ1) is 13.1. The number of Topliss-reactive ketones (excluding diaryl/α,β-unsaturated/α-hetero) is 1. The summed E-state index contributed by atoms with van der Waals surface area (Å²) in [5.74, 6) is 0.982. The minimum Gasteiger partial charge on any atom is -0.504 e. The maximum Gasteiger partial charge on any atom is 0.168 e. The number of ether oxygens (including phenoxy) is 1. The van der Waals surface area contributed by atoms with Crippen LogP contribution in [-0.2, 0) is 6.54 Å². The van der Waals surface area contributed by atoms with Crippen molar-refractivity contribution in [2.24, 2.45) is 5.92 Å². The second kappa shape index (κ2) is 9.29. The lowest BCUT2D eigenvalue weighted by molar-refractivity contribution is 0.0808. The van der Waals surface area contributed by atoms with Crippen LogP contribution in [-0.4, -0.2) is 41.7 Å². The molecule has 5 heteroatoms. The first-order valence-corrected chi connectivity index (χ1v) is 10.7. The van der Waals surface area contributed by atoms with Crippen molar-refractivity contribution in [1.29, 1.82) is 0 Å².